The third-order valence-corrected chi connectivity index (χ3v) is 4.75. The Labute approximate surface area is 186 Å². The predicted octanol–water partition coefficient (Wildman–Crippen LogP) is 1.30. The molecule has 0 heterocycles. The lowest BCUT2D eigenvalue weighted by Gasteiger charge is -2.36. The molecule has 9 nitrogen and oxygen atoms in total. The number of esters is 2. The number of rotatable bonds is 12. The topological polar surface area (TPSA) is 139 Å². The number of hydrogen-bond acceptors (Lipinski definition) is 8. The third kappa shape index (κ3) is 6.13. The molecule has 1 atom stereocenters. The highest BCUT2D eigenvalue weighted by molar-refractivity contribution is 6.46. The normalized spacial score (nSPS) is 12.0. The van der Waals surface area contributed by atoms with E-state index in [0.29, 0.717) is 6.42 Å². The van der Waals surface area contributed by atoms with E-state index >= 15 is 4.39 Å². The number of carbonyl (C=O) groups excluding carboxylic acids is 4. The molecule has 0 aromatic heterocycles. The van der Waals surface area contributed by atoms with E-state index in [-0.39, 0.29) is 31.0 Å². The molecule has 176 valence electrons. The van der Waals surface area contributed by atoms with E-state index < -0.39 is 47.7 Å². The van der Waals surface area contributed by atoms with Gasteiger partial charge in [-0.2, -0.15) is 0 Å². The highest BCUT2D eigenvalue weighted by Gasteiger charge is 2.61. The second kappa shape index (κ2) is 12.3. The van der Waals surface area contributed by atoms with Crippen molar-refractivity contribution in [1.29, 1.82) is 0 Å². The van der Waals surface area contributed by atoms with Gasteiger partial charge in [-0.15, -0.1) is 0 Å². The SMILES string of the molecule is CCCCC(=O)c1ccc(C(B(O)O)C(NC(C)=O)(C(=O)OCC)C(=O)OCC)c(F)c1. The van der Waals surface area contributed by atoms with Crippen LogP contribution in [0.4, 0.5) is 4.39 Å². The molecular weight excluding hydrogens is 424 g/mol. The van der Waals surface area contributed by atoms with Crippen molar-refractivity contribution in [3.8, 4) is 0 Å². The molecule has 0 spiro atoms. The first-order chi connectivity index (χ1) is 15.1. The molecule has 0 saturated carbocycles. The summed E-state index contributed by atoms with van der Waals surface area (Å²) in [4.78, 5) is 50.0. The highest BCUT2D eigenvalue weighted by Crippen LogP contribution is 2.35. The number of halogens is 1. The summed E-state index contributed by atoms with van der Waals surface area (Å²) in [6, 6.07) is 3.20. The van der Waals surface area contributed by atoms with Crippen LogP contribution in [0, 0.1) is 5.82 Å². The van der Waals surface area contributed by atoms with Gasteiger partial charge in [0.2, 0.25) is 11.4 Å². The lowest BCUT2D eigenvalue weighted by atomic mass is 9.58. The van der Waals surface area contributed by atoms with E-state index in [1.54, 1.807) is 0 Å². The van der Waals surface area contributed by atoms with Crippen molar-refractivity contribution >= 4 is 30.7 Å². The van der Waals surface area contributed by atoms with Gasteiger partial charge in [0.05, 0.1) is 19.0 Å². The van der Waals surface area contributed by atoms with Gasteiger partial charge in [-0.25, -0.2) is 14.0 Å². The zero-order chi connectivity index (χ0) is 24.5. The number of Topliss-reactive ketones (excluding diaryl/α,β-unsaturated/α-hetero) is 1. The van der Waals surface area contributed by atoms with Crippen LogP contribution in [-0.4, -0.2) is 59.5 Å². The maximum Gasteiger partial charge on any atom is 0.463 e. The molecule has 0 aliphatic heterocycles. The molecular formula is C21H29BFNO8. The third-order valence-electron chi connectivity index (χ3n) is 4.75. The second-order valence-corrected chi connectivity index (χ2v) is 7.08. The van der Waals surface area contributed by atoms with Crippen molar-refractivity contribution in [3.63, 3.8) is 0 Å². The number of nitrogens with one attached hydrogen (secondary N) is 1. The van der Waals surface area contributed by atoms with E-state index in [1.165, 1.54) is 19.9 Å². The number of amides is 1. The molecule has 0 fully saturated rings. The Balaban J connectivity index is 3.71. The van der Waals surface area contributed by atoms with E-state index in [0.717, 1.165) is 25.5 Å². The van der Waals surface area contributed by atoms with Crippen LogP contribution < -0.4 is 5.32 Å². The summed E-state index contributed by atoms with van der Waals surface area (Å²) in [5.74, 6) is -7.03. The van der Waals surface area contributed by atoms with Gasteiger partial charge in [-0.3, -0.25) is 9.59 Å². The Bertz CT molecular complexity index is 827. The van der Waals surface area contributed by atoms with Crippen LogP contribution in [-0.2, 0) is 23.9 Å². The van der Waals surface area contributed by atoms with Crippen LogP contribution in [0.5, 0.6) is 0 Å². The summed E-state index contributed by atoms with van der Waals surface area (Å²) >= 11 is 0. The molecule has 1 aromatic rings. The molecule has 0 bridgehead atoms. The smallest absolute Gasteiger partial charge is 0.463 e. The van der Waals surface area contributed by atoms with E-state index in [4.69, 9.17) is 9.47 Å². The van der Waals surface area contributed by atoms with Gasteiger partial charge in [-0.05, 0) is 31.9 Å². The molecule has 1 amide bonds. The van der Waals surface area contributed by atoms with Crippen molar-refractivity contribution in [2.75, 3.05) is 13.2 Å². The molecule has 3 N–H and O–H groups in total. The standard InChI is InChI=1S/C21H29BFNO8/c1-5-8-9-17(26)14-10-11-15(16(23)12-14)18(22(29)30)21(24-13(4)25,19(27)31-6-2)20(28)32-7-3/h10-12,18,29-30H,5-9H2,1-4H3,(H,24,25). The average Bonchev–Trinajstić information content (AvgIpc) is 2.72. The number of ketones is 1. The fourth-order valence-electron chi connectivity index (χ4n) is 3.34. The fourth-order valence-corrected chi connectivity index (χ4v) is 3.34. The Morgan fingerprint density at radius 3 is 2.06 bits per heavy atom. The molecule has 32 heavy (non-hydrogen) atoms. The summed E-state index contributed by atoms with van der Waals surface area (Å²) in [5, 5.41) is 22.3. The Morgan fingerprint density at radius 1 is 1.09 bits per heavy atom. The van der Waals surface area contributed by atoms with Crippen LogP contribution in [0.3, 0.4) is 0 Å². The van der Waals surface area contributed by atoms with E-state index in [2.05, 4.69) is 5.32 Å². The van der Waals surface area contributed by atoms with Crippen LogP contribution in [0.25, 0.3) is 0 Å². The van der Waals surface area contributed by atoms with Crippen LogP contribution in [0.15, 0.2) is 18.2 Å². The van der Waals surface area contributed by atoms with Crippen molar-refractivity contribution in [2.24, 2.45) is 0 Å². The van der Waals surface area contributed by atoms with Gasteiger partial charge in [0.1, 0.15) is 5.82 Å². The van der Waals surface area contributed by atoms with Gasteiger partial charge in [0.15, 0.2) is 5.78 Å². The number of ether oxygens (including phenoxy) is 2. The minimum Gasteiger partial charge on any atom is -0.464 e. The largest absolute Gasteiger partial charge is 0.464 e. The number of benzene rings is 1. The summed E-state index contributed by atoms with van der Waals surface area (Å²) in [5.41, 5.74) is -3.24. The Hall–Kier alpha value is -2.79. The van der Waals surface area contributed by atoms with Crippen molar-refractivity contribution in [1.82, 2.24) is 5.32 Å². The predicted molar refractivity (Wildman–Crippen MR) is 113 cm³/mol. The number of hydrogen-bond donors (Lipinski definition) is 3. The van der Waals surface area contributed by atoms with E-state index in [9.17, 15) is 29.2 Å². The molecule has 1 unspecified atom stereocenters. The molecule has 1 rings (SSSR count). The van der Waals surface area contributed by atoms with Gasteiger partial charge in [0.25, 0.3) is 0 Å². The molecule has 0 saturated heterocycles. The van der Waals surface area contributed by atoms with Gasteiger partial charge < -0.3 is 24.8 Å². The quantitative estimate of drug-likeness (QED) is 0.186. The minimum atomic E-state index is -2.79. The number of carbonyl (C=O) groups is 4. The van der Waals surface area contributed by atoms with Crippen LogP contribution in [0.1, 0.15) is 68.7 Å². The lowest BCUT2D eigenvalue weighted by molar-refractivity contribution is -0.168. The molecule has 0 aliphatic rings. The van der Waals surface area contributed by atoms with Gasteiger partial charge in [0, 0.05) is 18.9 Å². The van der Waals surface area contributed by atoms with Crippen molar-refractivity contribution in [2.45, 2.75) is 58.3 Å². The summed E-state index contributed by atoms with van der Waals surface area (Å²) < 4.78 is 25.0. The summed E-state index contributed by atoms with van der Waals surface area (Å²) in [6.07, 6.45) is 1.57. The first kappa shape index (κ1) is 27.2. The molecule has 11 heteroatoms. The first-order valence-corrected chi connectivity index (χ1v) is 10.4. The molecule has 1 aromatic carbocycles. The monoisotopic (exact) mass is 453 g/mol. The average molecular weight is 453 g/mol. The second-order valence-electron chi connectivity index (χ2n) is 7.08. The van der Waals surface area contributed by atoms with E-state index in [1.807, 2.05) is 6.92 Å². The van der Waals surface area contributed by atoms with Crippen LogP contribution in [0.2, 0.25) is 0 Å². The first-order valence-electron chi connectivity index (χ1n) is 10.4. The van der Waals surface area contributed by atoms with Crippen molar-refractivity contribution in [3.05, 3.63) is 35.1 Å². The van der Waals surface area contributed by atoms with Gasteiger partial charge in [-0.1, -0.05) is 25.5 Å². The maximum absolute atomic E-state index is 15.1. The molecule has 0 radical (unpaired) electrons. The number of unbranched alkanes of at least 4 members (excludes halogenated alkanes) is 1. The minimum absolute atomic E-state index is 0.0447. The lowest BCUT2D eigenvalue weighted by Crippen LogP contribution is -2.67. The highest BCUT2D eigenvalue weighted by atomic mass is 19.1. The Kier molecular flexibility index (Phi) is 10.5. The van der Waals surface area contributed by atoms with Crippen molar-refractivity contribution < 1.29 is 43.1 Å². The zero-order valence-corrected chi connectivity index (χ0v) is 18.6. The molecule has 0 aliphatic carbocycles. The zero-order valence-electron chi connectivity index (χ0n) is 18.6. The summed E-state index contributed by atoms with van der Waals surface area (Å²) in [7, 11) is -2.49. The fraction of sp³-hybridized carbons (Fsp3) is 0.524. The van der Waals surface area contributed by atoms with Crippen LogP contribution >= 0.6 is 0 Å². The Morgan fingerprint density at radius 2 is 1.66 bits per heavy atom. The maximum atomic E-state index is 15.1. The summed E-state index contributed by atoms with van der Waals surface area (Å²) in [6.45, 7) is 5.31. The van der Waals surface area contributed by atoms with Gasteiger partial charge >= 0.3 is 19.1 Å².